The third-order valence-electron chi connectivity index (χ3n) is 11.5. The number of carbonyl (C=O) groups is 2. The van der Waals surface area contributed by atoms with Gasteiger partial charge in [-0.3, -0.25) is 4.79 Å². The molecule has 53 heavy (non-hydrogen) atoms. The van der Waals surface area contributed by atoms with Crippen LogP contribution in [0.5, 0.6) is 0 Å². The van der Waals surface area contributed by atoms with Gasteiger partial charge in [-0.1, -0.05) is 86.6 Å². The SMILES string of the molecule is CC1=CCC(O)CC(/C(C)=C/C(C)=C/C2C=CC(O)C(O)C2)OC(=O)C2CCCCN2C(=O)CC2(O)OC(C(C)C/C=C/CC(O)C=C1)C(C)CC2C. The van der Waals surface area contributed by atoms with Gasteiger partial charge in [-0.05, 0) is 95.5 Å². The number of cyclic esters (lactones) is 1. The molecule has 4 aliphatic rings. The molecule has 4 rings (SSSR count). The van der Waals surface area contributed by atoms with Crippen molar-refractivity contribution >= 4 is 11.9 Å². The summed E-state index contributed by atoms with van der Waals surface area (Å²) in [5.41, 5.74) is 2.48. The highest BCUT2D eigenvalue weighted by molar-refractivity contribution is 5.85. The minimum absolute atomic E-state index is 0.0596. The van der Waals surface area contributed by atoms with Crippen LogP contribution >= 0.6 is 0 Å². The van der Waals surface area contributed by atoms with E-state index in [9.17, 15) is 35.1 Å². The van der Waals surface area contributed by atoms with Crippen LogP contribution in [0.25, 0.3) is 0 Å². The van der Waals surface area contributed by atoms with E-state index in [1.165, 1.54) is 0 Å². The first-order valence-corrected chi connectivity index (χ1v) is 19.7. The van der Waals surface area contributed by atoms with Gasteiger partial charge >= 0.3 is 5.97 Å². The number of piperidine rings is 1. The molecule has 0 aromatic heterocycles. The second-order valence-electron chi connectivity index (χ2n) is 16.3. The third-order valence-corrected chi connectivity index (χ3v) is 11.5. The molecule has 2 fully saturated rings. The Kier molecular flexibility index (Phi) is 15.9. The third kappa shape index (κ3) is 12.3. The lowest BCUT2D eigenvalue weighted by Crippen LogP contribution is -2.56. The molecule has 10 nitrogen and oxygen atoms in total. The summed E-state index contributed by atoms with van der Waals surface area (Å²) >= 11 is 0. The van der Waals surface area contributed by atoms with Crippen molar-refractivity contribution in [2.75, 3.05) is 6.54 Å². The second kappa shape index (κ2) is 19.6. The maximum Gasteiger partial charge on any atom is 0.329 e. The number of ether oxygens (including phenoxy) is 2. The summed E-state index contributed by atoms with van der Waals surface area (Å²) in [5.74, 6) is -2.72. The van der Waals surface area contributed by atoms with Crippen molar-refractivity contribution in [3.05, 3.63) is 71.4 Å². The number of aliphatic hydroxyl groups is 5. The summed E-state index contributed by atoms with van der Waals surface area (Å²) in [4.78, 5) is 29.6. The van der Waals surface area contributed by atoms with E-state index in [0.717, 1.165) is 29.6 Å². The van der Waals surface area contributed by atoms with Crippen LogP contribution in [0.15, 0.2) is 71.4 Å². The zero-order valence-electron chi connectivity index (χ0n) is 32.6. The van der Waals surface area contributed by atoms with Gasteiger partial charge in [-0.2, -0.15) is 0 Å². The van der Waals surface area contributed by atoms with E-state index >= 15 is 0 Å². The molecule has 12 unspecified atom stereocenters. The Hall–Kier alpha value is -2.86. The smallest absolute Gasteiger partial charge is 0.329 e. The number of fused-ring (bicyclic) bond motifs is 3. The van der Waals surface area contributed by atoms with Crippen LogP contribution in [-0.4, -0.2) is 97.3 Å². The van der Waals surface area contributed by atoms with Gasteiger partial charge in [0.2, 0.25) is 5.91 Å². The Morgan fingerprint density at radius 2 is 1.66 bits per heavy atom. The number of esters is 1. The topological polar surface area (TPSA) is 157 Å². The molecule has 0 spiro atoms. The fourth-order valence-electron chi connectivity index (χ4n) is 8.17. The Morgan fingerprint density at radius 1 is 0.925 bits per heavy atom. The number of allylic oxidation sites excluding steroid dienone is 7. The van der Waals surface area contributed by atoms with E-state index < -0.39 is 48.3 Å². The lowest BCUT2D eigenvalue weighted by molar-refractivity contribution is -0.301. The summed E-state index contributed by atoms with van der Waals surface area (Å²) in [6, 6.07) is -0.831. The van der Waals surface area contributed by atoms with Crippen LogP contribution in [0, 0.1) is 23.7 Å². The Balaban J connectivity index is 1.64. The van der Waals surface area contributed by atoms with E-state index in [4.69, 9.17) is 9.47 Å². The number of hydrogen-bond donors (Lipinski definition) is 5. The van der Waals surface area contributed by atoms with Crippen LogP contribution in [0.3, 0.4) is 0 Å². The Bertz CT molecular complexity index is 1430. The minimum atomic E-state index is -1.68. The molecule has 296 valence electrons. The fourth-order valence-corrected chi connectivity index (χ4v) is 8.17. The quantitative estimate of drug-likeness (QED) is 0.141. The highest BCUT2D eigenvalue weighted by Gasteiger charge is 2.48. The molecule has 10 heteroatoms. The lowest BCUT2D eigenvalue weighted by Gasteiger charge is -2.47. The Labute approximate surface area is 316 Å². The number of rotatable bonds is 3. The molecule has 1 aliphatic carbocycles. The van der Waals surface area contributed by atoms with Gasteiger partial charge in [0, 0.05) is 18.9 Å². The van der Waals surface area contributed by atoms with Crippen molar-refractivity contribution in [1.82, 2.24) is 4.90 Å². The molecule has 0 aromatic carbocycles. The molecule has 2 saturated heterocycles. The van der Waals surface area contributed by atoms with Crippen molar-refractivity contribution in [3.63, 3.8) is 0 Å². The zero-order chi connectivity index (χ0) is 38.9. The summed E-state index contributed by atoms with van der Waals surface area (Å²) in [7, 11) is 0. The molecular weight excluding hydrogens is 674 g/mol. The van der Waals surface area contributed by atoms with Gasteiger partial charge in [0.1, 0.15) is 12.1 Å². The highest BCUT2D eigenvalue weighted by atomic mass is 16.6. The van der Waals surface area contributed by atoms with Gasteiger partial charge in [-0.15, -0.1) is 0 Å². The lowest BCUT2D eigenvalue weighted by atomic mass is 9.78. The van der Waals surface area contributed by atoms with Crippen LogP contribution in [0.4, 0.5) is 0 Å². The number of nitrogens with zero attached hydrogens (tertiary/aromatic N) is 1. The average Bonchev–Trinajstić information content (AvgIpc) is 3.10. The van der Waals surface area contributed by atoms with Gasteiger partial charge in [0.05, 0.1) is 36.9 Å². The zero-order valence-corrected chi connectivity index (χ0v) is 32.6. The second-order valence-corrected chi connectivity index (χ2v) is 16.3. The molecule has 0 radical (unpaired) electrons. The van der Waals surface area contributed by atoms with Crippen molar-refractivity contribution in [3.8, 4) is 0 Å². The molecule has 5 N–H and O–H groups in total. The minimum Gasteiger partial charge on any atom is -0.456 e. The highest BCUT2D eigenvalue weighted by Crippen LogP contribution is 2.41. The summed E-state index contributed by atoms with van der Waals surface area (Å²) < 4.78 is 12.6. The summed E-state index contributed by atoms with van der Waals surface area (Å²) in [6.07, 6.45) is 16.8. The molecule has 2 bridgehead atoms. The fraction of sp³-hybridized carbons (Fsp3) is 0.674. The largest absolute Gasteiger partial charge is 0.456 e. The van der Waals surface area contributed by atoms with Gasteiger partial charge in [0.15, 0.2) is 5.79 Å². The van der Waals surface area contributed by atoms with Crippen molar-refractivity contribution in [2.45, 2.75) is 154 Å². The normalized spacial score (nSPS) is 39.9. The van der Waals surface area contributed by atoms with Crippen molar-refractivity contribution < 1.29 is 44.6 Å². The first kappa shape index (κ1) is 42.9. The summed E-state index contributed by atoms with van der Waals surface area (Å²) in [5, 5.41) is 53.7. The van der Waals surface area contributed by atoms with E-state index in [1.54, 1.807) is 17.1 Å². The van der Waals surface area contributed by atoms with Crippen LogP contribution in [0.1, 0.15) is 106 Å². The molecule has 0 aromatic rings. The van der Waals surface area contributed by atoms with E-state index in [1.807, 2.05) is 70.2 Å². The van der Waals surface area contributed by atoms with Gasteiger partial charge < -0.3 is 39.9 Å². The number of carbonyl (C=O) groups excluding carboxylic acids is 2. The summed E-state index contributed by atoms with van der Waals surface area (Å²) in [6.45, 7) is 12.1. The number of amides is 1. The van der Waals surface area contributed by atoms with Crippen LogP contribution in [0.2, 0.25) is 0 Å². The van der Waals surface area contributed by atoms with Crippen molar-refractivity contribution in [1.29, 1.82) is 0 Å². The molecular formula is C43H65NO9. The van der Waals surface area contributed by atoms with E-state index in [-0.39, 0.29) is 48.5 Å². The molecule has 3 aliphatic heterocycles. The maximum atomic E-state index is 14.0. The Morgan fingerprint density at radius 3 is 2.40 bits per heavy atom. The molecule has 3 heterocycles. The molecule has 12 atom stereocenters. The number of hydrogen-bond acceptors (Lipinski definition) is 9. The van der Waals surface area contributed by atoms with Gasteiger partial charge in [0.25, 0.3) is 0 Å². The van der Waals surface area contributed by atoms with E-state index in [0.29, 0.717) is 45.1 Å². The first-order chi connectivity index (χ1) is 25.1. The standard InChI is InChI=1S/C43H65NO9/c1-27-14-17-34(45)12-8-7-11-29(3)41-31(5)23-32(6)43(51,53-41)26-40(49)44-20-10-9-13-36(44)42(50)52-39(25-35(46)18-15-27)30(4)21-28(2)22-33-16-19-37(47)38(48)24-33/h7-8,14-17,19,21-22,29,31-39,41,45-48,51H,9-13,18,20,23-26H2,1-6H3/b8-7+,17-14?,27-15?,28-22+,30-21+. The van der Waals surface area contributed by atoms with Crippen LogP contribution < -0.4 is 0 Å². The molecule has 0 saturated carbocycles. The monoisotopic (exact) mass is 739 g/mol. The van der Waals surface area contributed by atoms with Gasteiger partial charge in [-0.25, -0.2) is 4.79 Å². The van der Waals surface area contributed by atoms with Crippen LogP contribution in [-0.2, 0) is 19.1 Å². The average molecular weight is 740 g/mol. The molecule has 1 amide bonds. The van der Waals surface area contributed by atoms with E-state index in [2.05, 4.69) is 13.8 Å². The predicted octanol–water partition coefficient (Wildman–Crippen LogP) is 5.60. The first-order valence-electron chi connectivity index (χ1n) is 19.7. The van der Waals surface area contributed by atoms with Crippen molar-refractivity contribution in [2.24, 2.45) is 23.7 Å². The predicted molar refractivity (Wildman–Crippen MR) is 205 cm³/mol. The maximum absolute atomic E-state index is 14.0. The number of aliphatic hydroxyl groups excluding tert-OH is 4.